The van der Waals surface area contributed by atoms with Crippen LogP contribution in [0.15, 0.2) is 53.7 Å². The van der Waals surface area contributed by atoms with E-state index in [1.807, 2.05) is 13.2 Å². The summed E-state index contributed by atoms with van der Waals surface area (Å²) < 4.78 is 5.63. The Kier molecular flexibility index (Phi) is 9.16. The van der Waals surface area contributed by atoms with Gasteiger partial charge in [0, 0.05) is 46.0 Å². The van der Waals surface area contributed by atoms with Gasteiger partial charge in [-0.15, -0.1) is 24.0 Å². The fraction of sp³-hybridized carbons (Fsp3) is 0.520. The van der Waals surface area contributed by atoms with Crippen molar-refractivity contribution in [1.82, 2.24) is 15.2 Å². The Labute approximate surface area is 209 Å². The molecule has 2 aromatic rings. The first-order valence-electron chi connectivity index (χ1n) is 11.5. The second-order valence-corrected chi connectivity index (χ2v) is 8.78. The second kappa shape index (κ2) is 11.8. The van der Waals surface area contributed by atoms with Crippen molar-refractivity contribution < 1.29 is 4.74 Å². The largest absolute Gasteiger partial charge is 0.375 e. The molecule has 6 nitrogen and oxygen atoms in total. The van der Waals surface area contributed by atoms with Gasteiger partial charge in [-0.1, -0.05) is 43.3 Å². The highest BCUT2D eigenvalue weighted by molar-refractivity contribution is 14.0. The molecule has 32 heavy (non-hydrogen) atoms. The van der Waals surface area contributed by atoms with Crippen LogP contribution in [0.4, 0.5) is 5.82 Å². The number of guanidine groups is 1. The van der Waals surface area contributed by atoms with Crippen LogP contribution in [0.3, 0.4) is 0 Å². The first-order chi connectivity index (χ1) is 15.1. The van der Waals surface area contributed by atoms with Crippen molar-refractivity contribution in [1.29, 1.82) is 0 Å². The van der Waals surface area contributed by atoms with E-state index in [1.54, 1.807) is 0 Å². The number of anilines is 1. The third-order valence-electron chi connectivity index (χ3n) is 6.47. The molecule has 7 heteroatoms. The lowest BCUT2D eigenvalue weighted by molar-refractivity contribution is 0.0529. The van der Waals surface area contributed by atoms with Crippen LogP contribution < -0.4 is 10.2 Å². The number of morpholine rings is 1. The summed E-state index contributed by atoms with van der Waals surface area (Å²) in [5.74, 6) is 3.21. The number of nitrogens with one attached hydrogen (secondary N) is 1. The fourth-order valence-corrected chi connectivity index (χ4v) is 4.78. The van der Waals surface area contributed by atoms with E-state index in [-0.39, 0.29) is 30.1 Å². The van der Waals surface area contributed by atoms with Crippen molar-refractivity contribution >= 4 is 35.8 Å². The summed E-state index contributed by atoms with van der Waals surface area (Å²) in [6, 6.07) is 15.2. The minimum Gasteiger partial charge on any atom is -0.375 e. The molecular weight excluding hydrogens is 513 g/mol. The van der Waals surface area contributed by atoms with Gasteiger partial charge in [0.15, 0.2) is 5.96 Å². The molecule has 174 valence electrons. The molecular formula is C25H36IN5O. The Morgan fingerprint density at radius 1 is 1.12 bits per heavy atom. The number of halogens is 1. The molecule has 0 radical (unpaired) electrons. The Bertz CT molecular complexity index is 860. The minimum atomic E-state index is 0. The molecule has 0 amide bonds. The van der Waals surface area contributed by atoms with Crippen molar-refractivity contribution in [2.45, 2.75) is 38.8 Å². The van der Waals surface area contributed by atoms with Gasteiger partial charge in [0.1, 0.15) is 5.82 Å². The number of ether oxygens (including phenoxy) is 1. The summed E-state index contributed by atoms with van der Waals surface area (Å²) in [5, 5.41) is 3.54. The van der Waals surface area contributed by atoms with Crippen LogP contribution in [-0.2, 0) is 11.3 Å². The third-order valence-corrected chi connectivity index (χ3v) is 6.47. The van der Waals surface area contributed by atoms with Crippen LogP contribution in [0.1, 0.15) is 37.3 Å². The Morgan fingerprint density at radius 2 is 1.94 bits per heavy atom. The lowest BCUT2D eigenvalue weighted by Crippen LogP contribution is -2.47. The van der Waals surface area contributed by atoms with Crippen molar-refractivity contribution in [3.8, 4) is 0 Å². The highest BCUT2D eigenvalue weighted by Crippen LogP contribution is 2.32. The first kappa shape index (κ1) is 24.8. The lowest BCUT2D eigenvalue weighted by atomic mass is 9.82. The number of pyridine rings is 1. The van der Waals surface area contributed by atoms with Gasteiger partial charge in [0.05, 0.1) is 12.7 Å². The molecule has 3 unspecified atom stereocenters. The number of nitrogens with zero attached hydrogens (tertiary/aromatic N) is 4. The van der Waals surface area contributed by atoms with Gasteiger partial charge >= 0.3 is 0 Å². The maximum absolute atomic E-state index is 5.63. The molecule has 3 atom stereocenters. The van der Waals surface area contributed by atoms with E-state index in [9.17, 15) is 0 Å². The topological polar surface area (TPSA) is 53.0 Å². The van der Waals surface area contributed by atoms with Crippen LogP contribution in [0.5, 0.6) is 0 Å². The number of rotatable bonds is 4. The van der Waals surface area contributed by atoms with Gasteiger partial charge < -0.3 is 19.9 Å². The summed E-state index contributed by atoms with van der Waals surface area (Å²) in [5.41, 5.74) is 2.62. The molecule has 4 rings (SSSR count). The number of aliphatic imine (C=N–C) groups is 1. The molecule has 2 aliphatic rings. The van der Waals surface area contributed by atoms with Crippen LogP contribution in [-0.4, -0.2) is 61.8 Å². The molecule has 1 N–H and O–H groups in total. The van der Waals surface area contributed by atoms with E-state index < -0.39 is 0 Å². The molecule has 1 aromatic heterocycles. The van der Waals surface area contributed by atoms with Crippen LogP contribution >= 0.6 is 24.0 Å². The summed E-state index contributed by atoms with van der Waals surface area (Å²) in [7, 11) is 1.87. The van der Waals surface area contributed by atoms with Crippen LogP contribution in [0, 0.1) is 5.92 Å². The molecule has 2 aliphatic heterocycles. The van der Waals surface area contributed by atoms with E-state index in [2.05, 4.69) is 81.4 Å². The van der Waals surface area contributed by atoms with E-state index in [0.717, 1.165) is 57.5 Å². The Morgan fingerprint density at radius 3 is 2.59 bits per heavy atom. The predicted octanol–water partition coefficient (Wildman–Crippen LogP) is 4.13. The van der Waals surface area contributed by atoms with Gasteiger partial charge in [0.2, 0.25) is 0 Å². The molecule has 0 bridgehead atoms. The molecule has 2 saturated heterocycles. The first-order valence-corrected chi connectivity index (χ1v) is 11.5. The summed E-state index contributed by atoms with van der Waals surface area (Å²) >= 11 is 0. The molecule has 0 saturated carbocycles. The monoisotopic (exact) mass is 549 g/mol. The highest BCUT2D eigenvalue weighted by Gasteiger charge is 2.28. The van der Waals surface area contributed by atoms with Crippen molar-refractivity contribution in [3.63, 3.8) is 0 Å². The number of benzene rings is 1. The van der Waals surface area contributed by atoms with Gasteiger partial charge in [-0.25, -0.2) is 4.98 Å². The number of piperidine rings is 1. The molecule has 0 aliphatic carbocycles. The second-order valence-electron chi connectivity index (χ2n) is 8.78. The maximum atomic E-state index is 5.63. The third kappa shape index (κ3) is 6.13. The minimum absolute atomic E-state index is 0. The van der Waals surface area contributed by atoms with Gasteiger partial charge in [-0.3, -0.25) is 4.99 Å². The highest BCUT2D eigenvalue weighted by atomic mass is 127. The van der Waals surface area contributed by atoms with Gasteiger partial charge in [0.25, 0.3) is 0 Å². The number of hydrogen-bond acceptors (Lipinski definition) is 4. The lowest BCUT2D eigenvalue weighted by Gasteiger charge is -2.39. The molecule has 1 aromatic carbocycles. The van der Waals surface area contributed by atoms with E-state index in [1.165, 1.54) is 11.1 Å². The number of likely N-dealkylation sites (tertiary alicyclic amines) is 1. The van der Waals surface area contributed by atoms with E-state index in [0.29, 0.717) is 11.8 Å². The molecule has 3 heterocycles. The zero-order chi connectivity index (χ0) is 21.6. The molecule has 0 spiro atoms. The SMILES string of the molecule is CN=C(NCc1ccc(N2CCOC(C)C2)nc1)N1CCC(c2ccccc2)C(C)C1.I. The van der Waals surface area contributed by atoms with E-state index >= 15 is 0 Å². The average molecular weight is 550 g/mol. The predicted molar refractivity (Wildman–Crippen MR) is 142 cm³/mol. The smallest absolute Gasteiger partial charge is 0.193 e. The van der Waals surface area contributed by atoms with Crippen molar-refractivity contribution in [3.05, 3.63) is 59.8 Å². The Balaban J connectivity index is 0.00000289. The van der Waals surface area contributed by atoms with Crippen LogP contribution in [0.2, 0.25) is 0 Å². The zero-order valence-corrected chi connectivity index (χ0v) is 21.7. The van der Waals surface area contributed by atoms with Crippen molar-refractivity contribution in [2.75, 3.05) is 44.7 Å². The normalized spacial score (nSPS) is 24.1. The van der Waals surface area contributed by atoms with Crippen molar-refractivity contribution in [2.24, 2.45) is 10.9 Å². The fourth-order valence-electron chi connectivity index (χ4n) is 4.78. The zero-order valence-electron chi connectivity index (χ0n) is 19.4. The van der Waals surface area contributed by atoms with E-state index in [4.69, 9.17) is 4.74 Å². The summed E-state index contributed by atoms with van der Waals surface area (Å²) in [4.78, 5) is 13.9. The molecule has 2 fully saturated rings. The summed E-state index contributed by atoms with van der Waals surface area (Å²) in [6.45, 7) is 9.80. The van der Waals surface area contributed by atoms with Gasteiger partial charge in [-0.05, 0) is 42.4 Å². The van der Waals surface area contributed by atoms with Gasteiger partial charge in [-0.2, -0.15) is 0 Å². The number of hydrogen-bond donors (Lipinski definition) is 1. The number of aromatic nitrogens is 1. The maximum Gasteiger partial charge on any atom is 0.193 e. The Hall–Kier alpha value is -1.87. The average Bonchev–Trinajstić information content (AvgIpc) is 2.80. The quantitative estimate of drug-likeness (QED) is 0.353. The summed E-state index contributed by atoms with van der Waals surface area (Å²) in [6.07, 6.45) is 3.38. The standard InChI is InChI=1S/C25H35N5O.HI/c1-19-17-30(12-11-23(19)22-7-5-4-6-8-22)25(26-3)28-16-21-9-10-24(27-15-21)29-13-14-31-20(2)18-29;/h4-10,15,19-20,23H,11-14,16-18H2,1-3H3,(H,26,28);1H. The van der Waals surface area contributed by atoms with Crippen LogP contribution in [0.25, 0.3) is 0 Å².